The van der Waals surface area contributed by atoms with Crippen molar-refractivity contribution in [3.8, 4) is 28.6 Å². The normalized spacial score (nSPS) is 13.8. The molecule has 38 heavy (non-hydrogen) atoms. The third-order valence-electron chi connectivity index (χ3n) is 6.33. The van der Waals surface area contributed by atoms with E-state index in [0.29, 0.717) is 22.9 Å². The van der Waals surface area contributed by atoms with Crippen LogP contribution in [0, 0.1) is 0 Å². The highest BCUT2D eigenvalue weighted by Crippen LogP contribution is 2.33. The van der Waals surface area contributed by atoms with Crippen LogP contribution < -0.4 is 20.1 Å². The van der Waals surface area contributed by atoms with E-state index >= 15 is 0 Å². The second-order valence-corrected chi connectivity index (χ2v) is 9.77. The summed E-state index contributed by atoms with van der Waals surface area (Å²) in [7, 11) is 1.55. The first-order valence-electron chi connectivity index (χ1n) is 12.0. The van der Waals surface area contributed by atoms with Gasteiger partial charge >= 0.3 is 0 Å². The largest absolute Gasteiger partial charge is 0.493 e. The van der Waals surface area contributed by atoms with Gasteiger partial charge in [-0.3, -0.25) is 18.6 Å². The molecule has 10 nitrogen and oxygen atoms in total. The van der Waals surface area contributed by atoms with Gasteiger partial charge in [-0.25, -0.2) is 9.97 Å². The lowest BCUT2D eigenvalue weighted by Gasteiger charge is -2.15. The summed E-state index contributed by atoms with van der Waals surface area (Å²) in [6.07, 6.45) is 7.39. The lowest BCUT2D eigenvalue weighted by Crippen LogP contribution is -2.29. The third-order valence-corrected chi connectivity index (χ3v) is 7.10. The smallest absolute Gasteiger partial charge is 0.258 e. The van der Waals surface area contributed by atoms with Crippen molar-refractivity contribution in [2.75, 3.05) is 13.7 Å². The molecule has 4 bridgehead atoms. The number of ether oxygens (including phenoxy) is 2. The minimum Gasteiger partial charge on any atom is -0.493 e. The maximum absolute atomic E-state index is 13.4. The van der Waals surface area contributed by atoms with Gasteiger partial charge in [0.1, 0.15) is 5.82 Å². The summed E-state index contributed by atoms with van der Waals surface area (Å²) in [6.45, 7) is 1.95. The molecule has 1 aliphatic rings. The van der Waals surface area contributed by atoms with Crippen molar-refractivity contribution in [3.63, 3.8) is 0 Å². The molecule has 0 fully saturated rings. The van der Waals surface area contributed by atoms with Crippen molar-refractivity contribution in [1.29, 1.82) is 0 Å². The van der Waals surface area contributed by atoms with Gasteiger partial charge in [0.15, 0.2) is 23.1 Å². The summed E-state index contributed by atoms with van der Waals surface area (Å²) in [5.74, 6) is 1.07. The van der Waals surface area contributed by atoms with E-state index in [1.807, 2.05) is 58.1 Å². The molecule has 11 heteroatoms. The molecule has 6 rings (SSSR count). The van der Waals surface area contributed by atoms with Crippen molar-refractivity contribution in [2.24, 2.45) is 0 Å². The monoisotopic (exact) mass is 528 g/mol. The topological polar surface area (TPSA) is 112 Å². The molecular formula is C27H24N6O4S. The van der Waals surface area contributed by atoms with Crippen LogP contribution in [-0.2, 0) is 11.3 Å². The number of benzene rings is 2. The van der Waals surface area contributed by atoms with Crippen LogP contribution in [0.5, 0.6) is 11.5 Å². The summed E-state index contributed by atoms with van der Waals surface area (Å²) in [5.41, 5.74) is 3.51. The number of aromatic nitrogens is 4. The minimum atomic E-state index is -0.297. The average molecular weight is 529 g/mol. The first kappa shape index (κ1) is 23.7. The van der Waals surface area contributed by atoms with Crippen LogP contribution in [-0.4, -0.2) is 44.5 Å². The van der Waals surface area contributed by atoms with Crippen LogP contribution in [0.25, 0.3) is 22.0 Å². The van der Waals surface area contributed by atoms with Crippen LogP contribution in [0.3, 0.4) is 0 Å². The zero-order valence-corrected chi connectivity index (χ0v) is 21.5. The molecule has 0 aliphatic carbocycles. The van der Waals surface area contributed by atoms with Crippen LogP contribution in [0.1, 0.15) is 34.6 Å². The van der Waals surface area contributed by atoms with Crippen molar-refractivity contribution in [1.82, 2.24) is 29.6 Å². The van der Waals surface area contributed by atoms with E-state index < -0.39 is 0 Å². The van der Waals surface area contributed by atoms with E-state index in [0.717, 1.165) is 27.5 Å². The SMILES string of the molecule is COc1ccc2cc1OCC(=O)NCc1cc(C(=O)NC(C)c3cn4ccsc4n3)cc(c1)-n1ccnc1-2. The highest BCUT2D eigenvalue weighted by molar-refractivity contribution is 7.15. The predicted molar refractivity (Wildman–Crippen MR) is 142 cm³/mol. The van der Waals surface area contributed by atoms with Crippen LogP contribution in [0.2, 0.25) is 0 Å². The molecule has 3 aromatic heterocycles. The number of hydrogen-bond donors (Lipinski definition) is 2. The minimum absolute atomic E-state index is 0.180. The summed E-state index contributed by atoms with van der Waals surface area (Å²) < 4.78 is 15.0. The lowest BCUT2D eigenvalue weighted by atomic mass is 10.1. The summed E-state index contributed by atoms with van der Waals surface area (Å²) >= 11 is 1.54. The van der Waals surface area contributed by atoms with E-state index in [-0.39, 0.29) is 31.0 Å². The molecule has 1 atom stereocenters. The molecular weight excluding hydrogens is 504 g/mol. The molecule has 0 saturated carbocycles. The van der Waals surface area contributed by atoms with Gasteiger partial charge in [-0.15, -0.1) is 11.3 Å². The maximum Gasteiger partial charge on any atom is 0.258 e. The number of carbonyl (C=O) groups is 2. The van der Waals surface area contributed by atoms with Gasteiger partial charge in [-0.05, 0) is 48.9 Å². The summed E-state index contributed by atoms with van der Waals surface area (Å²) in [5, 5.41) is 7.88. The quantitative estimate of drug-likeness (QED) is 0.368. The Labute approximate surface area is 221 Å². The highest BCUT2D eigenvalue weighted by Gasteiger charge is 2.19. The number of nitrogens with zero attached hydrogens (tertiary/aromatic N) is 4. The Morgan fingerprint density at radius 3 is 2.97 bits per heavy atom. The number of carbonyl (C=O) groups excluding carboxylic acids is 2. The molecule has 0 radical (unpaired) electrons. The molecule has 2 N–H and O–H groups in total. The Morgan fingerprint density at radius 1 is 1.24 bits per heavy atom. The first-order valence-corrected chi connectivity index (χ1v) is 12.8. The third kappa shape index (κ3) is 4.48. The molecule has 2 aromatic carbocycles. The molecule has 1 unspecified atom stereocenters. The first-order chi connectivity index (χ1) is 18.5. The van der Waals surface area contributed by atoms with E-state index in [1.165, 1.54) is 11.3 Å². The number of amides is 2. The standard InChI is InChI=1S/C27H24N6O4S/c1-16(21-14-32-7-8-38-27(32)31-21)30-26(35)19-9-17-10-20(11-19)33-6-5-28-25(33)18-3-4-22(36-2)23(12-18)37-15-24(34)29-13-17/h3-12,14,16H,13,15H2,1-2H3,(H,29,34)(H,30,35). The Hall–Kier alpha value is -4.64. The Kier molecular flexibility index (Phi) is 6.04. The molecule has 4 heterocycles. The number of hydrogen-bond acceptors (Lipinski definition) is 7. The maximum atomic E-state index is 13.4. The zero-order valence-electron chi connectivity index (χ0n) is 20.7. The van der Waals surface area contributed by atoms with Gasteiger partial charge in [0, 0.05) is 53.5 Å². The molecule has 2 amide bonds. The fourth-order valence-electron chi connectivity index (χ4n) is 4.40. The number of rotatable bonds is 4. The molecule has 0 spiro atoms. The fraction of sp³-hybridized carbons (Fsp3) is 0.185. The summed E-state index contributed by atoms with van der Waals surface area (Å²) in [6, 6.07) is 10.7. The molecule has 0 saturated heterocycles. The highest BCUT2D eigenvalue weighted by atomic mass is 32.1. The van der Waals surface area contributed by atoms with E-state index in [9.17, 15) is 9.59 Å². The van der Waals surface area contributed by atoms with Crippen LogP contribution in [0.4, 0.5) is 0 Å². The van der Waals surface area contributed by atoms with Crippen molar-refractivity contribution in [3.05, 3.63) is 83.4 Å². The number of imidazole rings is 2. The fourth-order valence-corrected chi connectivity index (χ4v) is 5.11. The van der Waals surface area contributed by atoms with Gasteiger partial charge in [-0.1, -0.05) is 0 Å². The van der Waals surface area contributed by atoms with Gasteiger partial charge < -0.3 is 20.1 Å². The van der Waals surface area contributed by atoms with Crippen molar-refractivity contribution < 1.29 is 19.1 Å². The van der Waals surface area contributed by atoms with Gasteiger partial charge in [-0.2, -0.15) is 0 Å². The second kappa shape index (κ2) is 9.67. The van der Waals surface area contributed by atoms with Gasteiger partial charge in [0.05, 0.1) is 18.8 Å². The van der Waals surface area contributed by atoms with Crippen molar-refractivity contribution in [2.45, 2.75) is 19.5 Å². The van der Waals surface area contributed by atoms with Crippen LogP contribution >= 0.6 is 11.3 Å². The Balaban J connectivity index is 1.38. The molecule has 192 valence electrons. The number of thiazole rings is 1. The predicted octanol–water partition coefficient (Wildman–Crippen LogP) is 3.76. The van der Waals surface area contributed by atoms with E-state index in [1.54, 1.807) is 31.5 Å². The lowest BCUT2D eigenvalue weighted by molar-refractivity contribution is -0.123. The zero-order chi connectivity index (χ0) is 26.2. The molecule has 1 aliphatic heterocycles. The molecule has 5 aromatic rings. The average Bonchev–Trinajstić information content (AvgIpc) is 3.67. The number of methoxy groups -OCH3 is 1. The number of fused-ring (bicyclic) bond motifs is 8. The van der Waals surface area contributed by atoms with E-state index in [2.05, 4.69) is 20.6 Å². The van der Waals surface area contributed by atoms with Crippen molar-refractivity contribution >= 4 is 28.1 Å². The van der Waals surface area contributed by atoms with E-state index in [4.69, 9.17) is 9.47 Å². The summed E-state index contributed by atoms with van der Waals surface area (Å²) in [4.78, 5) is 36.0. The van der Waals surface area contributed by atoms with Crippen LogP contribution in [0.15, 0.2) is 66.6 Å². The number of nitrogens with one attached hydrogen (secondary N) is 2. The Morgan fingerprint density at radius 2 is 2.13 bits per heavy atom. The second-order valence-electron chi connectivity index (χ2n) is 8.89. The Bertz CT molecular complexity index is 1640. The van der Waals surface area contributed by atoms with Gasteiger partial charge in [0.25, 0.3) is 11.8 Å². The van der Waals surface area contributed by atoms with Gasteiger partial charge in [0.2, 0.25) is 0 Å².